The van der Waals surface area contributed by atoms with E-state index >= 15 is 0 Å². The van der Waals surface area contributed by atoms with Gasteiger partial charge < -0.3 is 11.1 Å². The van der Waals surface area contributed by atoms with Crippen molar-refractivity contribution < 1.29 is 0 Å². The zero-order valence-corrected chi connectivity index (χ0v) is 10.2. The van der Waals surface area contributed by atoms with E-state index in [0.29, 0.717) is 0 Å². The Labute approximate surface area is 100 Å². The lowest BCUT2D eigenvalue weighted by molar-refractivity contribution is 0.700. The van der Waals surface area contributed by atoms with Crippen LogP contribution in [0.1, 0.15) is 16.0 Å². The summed E-state index contributed by atoms with van der Waals surface area (Å²) in [5.41, 5.74) is 9.26. The molecule has 3 heteroatoms. The van der Waals surface area contributed by atoms with Gasteiger partial charge in [-0.25, -0.2) is 0 Å². The van der Waals surface area contributed by atoms with Gasteiger partial charge in [-0.15, -0.1) is 11.3 Å². The van der Waals surface area contributed by atoms with E-state index in [0.717, 1.165) is 24.3 Å². The molecule has 16 heavy (non-hydrogen) atoms. The van der Waals surface area contributed by atoms with E-state index in [2.05, 4.69) is 29.8 Å². The van der Waals surface area contributed by atoms with Crippen LogP contribution >= 0.6 is 11.3 Å². The number of benzene rings is 1. The van der Waals surface area contributed by atoms with E-state index in [-0.39, 0.29) is 0 Å². The number of aryl methyl sites for hydroxylation is 1. The monoisotopic (exact) mass is 232 g/mol. The van der Waals surface area contributed by atoms with Crippen molar-refractivity contribution in [2.75, 3.05) is 5.73 Å². The summed E-state index contributed by atoms with van der Waals surface area (Å²) >= 11 is 1.80. The Hall–Kier alpha value is -1.32. The molecular weight excluding hydrogens is 216 g/mol. The Kier molecular flexibility index (Phi) is 3.59. The maximum Gasteiger partial charge on any atom is 0.0359 e. The van der Waals surface area contributed by atoms with E-state index in [1.807, 2.05) is 18.2 Å². The van der Waals surface area contributed by atoms with Crippen LogP contribution in [-0.4, -0.2) is 0 Å². The molecule has 0 saturated heterocycles. The molecular formula is C13H16N2S. The fraction of sp³-hybridized carbons (Fsp3) is 0.231. The highest BCUT2D eigenvalue weighted by atomic mass is 32.1. The lowest BCUT2D eigenvalue weighted by Gasteiger charge is -2.06. The number of thiophene rings is 1. The van der Waals surface area contributed by atoms with Crippen molar-refractivity contribution in [3.8, 4) is 0 Å². The van der Waals surface area contributed by atoms with Crippen molar-refractivity contribution in [2.45, 2.75) is 20.0 Å². The molecule has 2 aromatic rings. The second-order valence-corrected chi connectivity index (χ2v) is 4.83. The first-order valence-corrected chi connectivity index (χ1v) is 6.22. The van der Waals surface area contributed by atoms with Crippen LogP contribution in [0.3, 0.4) is 0 Å². The third kappa shape index (κ3) is 2.62. The molecule has 84 valence electrons. The highest BCUT2D eigenvalue weighted by molar-refractivity contribution is 7.10. The quantitative estimate of drug-likeness (QED) is 0.795. The van der Waals surface area contributed by atoms with Crippen LogP contribution < -0.4 is 11.1 Å². The van der Waals surface area contributed by atoms with E-state index in [1.165, 1.54) is 10.4 Å². The zero-order valence-electron chi connectivity index (χ0n) is 9.36. The van der Waals surface area contributed by atoms with E-state index in [4.69, 9.17) is 5.73 Å². The average molecular weight is 232 g/mol. The van der Waals surface area contributed by atoms with Gasteiger partial charge in [0.2, 0.25) is 0 Å². The summed E-state index contributed by atoms with van der Waals surface area (Å²) in [4.78, 5) is 1.40. The predicted molar refractivity (Wildman–Crippen MR) is 70.5 cm³/mol. The van der Waals surface area contributed by atoms with Gasteiger partial charge in [0, 0.05) is 23.7 Å². The van der Waals surface area contributed by atoms with Crippen LogP contribution in [0.5, 0.6) is 0 Å². The van der Waals surface area contributed by atoms with Crippen LogP contribution in [0.2, 0.25) is 0 Å². The van der Waals surface area contributed by atoms with Gasteiger partial charge in [0.05, 0.1) is 0 Å². The molecule has 1 aromatic carbocycles. The molecule has 1 aromatic heterocycles. The molecule has 0 fully saturated rings. The standard InChI is InChI=1S/C13H16N2S/c1-10-6-7-16-13(10)9-15-8-11-4-2-3-5-12(11)14/h2-7,15H,8-9,14H2,1H3. The number of rotatable bonds is 4. The van der Waals surface area contributed by atoms with E-state index in [9.17, 15) is 0 Å². The van der Waals surface area contributed by atoms with Crippen molar-refractivity contribution in [1.82, 2.24) is 5.32 Å². The number of nitrogens with two attached hydrogens (primary N) is 1. The van der Waals surface area contributed by atoms with Crippen LogP contribution in [0.15, 0.2) is 35.7 Å². The lowest BCUT2D eigenvalue weighted by Crippen LogP contribution is -2.13. The summed E-state index contributed by atoms with van der Waals surface area (Å²) < 4.78 is 0. The first-order chi connectivity index (χ1) is 7.77. The number of hydrogen-bond acceptors (Lipinski definition) is 3. The maximum atomic E-state index is 5.87. The molecule has 3 N–H and O–H groups in total. The third-order valence-electron chi connectivity index (χ3n) is 2.62. The summed E-state index contributed by atoms with van der Waals surface area (Å²) in [6.07, 6.45) is 0. The Bertz CT molecular complexity index is 462. The van der Waals surface area contributed by atoms with Gasteiger partial charge in [0.15, 0.2) is 0 Å². The van der Waals surface area contributed by atoms with Crippen LogP contribution in [0.25, 0.3) is 0 Å². The van der Waals surface area contributed by atoms with Crippen LogP contribution in [0, 0.1) is 6.92 Å². The van der Waals surface area contributed by atoms with Crippen molar-refractivity contribution in [2.24, 2.45) is 0 Å². The molecule has 0 aliphatic heterocycles. The smallest absolute Gasteiger partial charge is 0.0359 e. The highest BCUT2D eigenvalue weighted by Crippen LogP contribution is 2.15. The Morgan fingerprint density at radius 2 is 2.00 bits per heavy atom. The summed E-state index contributed by atoms with van der Waals surface area (Å²) in [5, 5.41) is 5.54. The van der Waals surface area contributed by atoms with Crippen molar-refractivity contribution in [3.05, 3.63) is 51.7 Å². The van der Waals surface area contributed by atoms with E-state index in [1.54, 1.807) is 11.3 Å². The molecule has 0 aliphatic carbocycles. The van der Waals surface area contributed by atoms with Gasteiger partial charge in [-0.3, -0.25) is 0 Å². The second kappa shape index (κ2) is 5.14. The fourth-order valence-corrected chi connectivity index (χ4v) is 2.47. The second-order valence-electron chi connectivity index (χ2n) is 3.83. The van der Waals surface area contributed by atoms with Crippen LogP contribution in [0.4, 0.5) is 5.69 Å². The van der Waals surface area contributed by atoms with Gasteiger partial charge in [0.1, 0.15) is 0 Å². The molecule has 0 bridgehead atoms. The average Bonchev–Trinajstić information content (AvgIpc) is 2.67. The lowest BCUT2D eigenvalue weighted by atomic mass is 10.2. The summed E-state index contributed by atoms with van der Waals surface area (Å²) in [7, 11) is 0. The Morgan fingerprint density at radius 1 is 1.19 bits per heavy atom. The normalized spacial score (nSPS) is 10.6. The molecule has 0 radical (unpaired) electrons. The predicted octanol–water partition coefficient (Wildman–Crippen LogP) is 2.93. The molecule has 0 unspecified atom stereocenters. The largest absolute Gasteiger partial charge is 0.398 e. The maximum absolute atomic E-state index is 5.87. The van der Waals surface area contributed by atoms with Gasteiger partial charge in [0.25, 0.3) is 0 Å². The molecule has 0 saturated carbocycles. The highest BCUT2D eigenvalue weighted by Gasteiger charge is 2.00. The first-order valence-electron chi connectivity index (χ1n) is 5.34. The van der Waals surface area contributed by atoms with E-state index < -0.39 is 0 Å². The molecule has 0 spiro atoms. The summed E-state index contributed by atoms with van der Waals surface area (Å²) in [6, 6.07) is 10.1. The molecule has 1 heterocycles. The summed E-state index contributed by atoms with van der Waals surface area (Å²) in [5.74, 6) is 0. The number of hydrogen-bond donors (Lipinski definition) is 2. The molecule has 0 atom stereocenters. The fourth-order valence-electron chi connectivity index (χ4n) is 1.59. The molecule has 0 aliphatic rings. The number of nitrogen functional groups attached to an aromatic ring is 1. The summed E-state index contributed by atoms with van der Waals surface area (Å²) in [6.45, 7) is 3.88. The Balaban J connectivity index is 1.89. The Morgan fingerprint density at radius 3 is 2.69 bits per heavy atom. The molecule has 0 amide bonds. The van der Waals surface area contributed by atoms with Crippen LogP contribution in [-0.2, 0) is 13.1 Å². The van der Waals surface area contributed by atoms with Crippen molar-refractivity contribution >= 4 is 17.0 Å². The minimum Gasteiger partial charge on any atom is -0.398 e. The first kappa shape index (κ1) is 11.2. The number of para-hydroxylation sites is 1. The molecule has 2 rings (SSSR count). The topological polar surface area (TPSA) is 38.0 Å². The number of nitrogens with one attached hydrogen (secondary N) is 1. The van der Waals surface area contributed by atoms with Crippen molar-refractivity contribution in [3.63, 3.8) is 0 Å². The van der Waals surface area contributed by atoms with Gasteiger partial charge in [-0.1, -0.05) is 18.2 Å². The van der Waals surface area contributed by atoms with Gasteiger partial charge >= 0.3 is 0 Å². The zero-order chi connectivity index (χ0) is 11.4. The SMILES string of the molecule is Cc1ccsc1CNCc1ccccc1N. The minimum atomic E-state index is 0.823. The minimum absolute atomic E-state index is 0.823. The molecule has 2 nitrogen and oxygen atoms in total. The third-order valence-corrected chi connectivity index (χ3v) is 3.65. The van der Waals surface area contributed by atoms with Gasteiger partial charge in [-0.2, -0.15) is 0 Å². The number of anilines is 1. The van der Waals surface area contributed by atoms with Crippen molar-refractivity contribution in [1.29, 1.82) is 0 Å². The van der Waals surface area contributed by atoms with Gasteiger partial charge in [-0.05, 0) is 35.6 Å².